The second kappa shape index (κ2) is 5.80. The van der Waals surface area contributed by atoms with Gasteiger partial charge in [-0.05, 0) is 31.2 Å². The Labute approximate surface area is 102 Å². The van der Waals surface area contributed by atoms with Crippen LogP contribution >= 0.6 is 0 Å². The van der Waals surface area contributed by atoms with Crippen LogP contribution in [-0.2, 0) is 14.3 Å². The predicted octanol–water partition coefficient (Wildman–Crippen LogP) is 0.110. The Bertz CT molecular complexity index is 268. The number of methoxy groups -OCH3 is 2. The first-order valence-electron chi connectivity index (χ1n) is 6.33. The minimum atomic E-state index is -0.361. The molecule has 17 heavy (non-hydrogen) atoms. The van der Waals surface area contributed by atoms with Gasteiger partial charge in [-0.15, -0.1) is 0 Å². The van der Waals surface area contributed by atoms with Crippen molar-refractivity contribution >= 4 is 5.91 Å². The van der Waals surface area contributed by atoms with Crippen LogP contribution in [0.1, 0.15) is 19.3 Å². The minimum Gasteiger partial charge on any atom is -0.354 e. The zero-order chi connectivity index (χ0) is 12.3. The molecule has 1 aliphatic carbocycles. The Kier molecular flexibility index (Phi) is 4.36. The van der Waals surface area contributed by atoms with E-state index in [4.69, 9.17) is 9.47 Å². The van der Waals surface area contributed by atoms with Crippen molar-refractivity contribution in [3.8, 4) is 0 Å². The monoisotopic (exact) mass is 242 g/mol. The zero-order valence-corrected chi connectivity index (χ0v) is 10.6. The van der Waals surface area contributed by atoms with E-state index in [0.717, 1.165) is 6.54 Å². The highest BCUT2D eigenvalue weighted by molar-refractivity contribution is 5.82. The van der Waals surface area contributed by atoms with Crippen LogP contribution in [0.2, 0.25) is 0 Å². The summed E-state index contributed by atoms with van der Waals surface area (Å²) in [4.78, 5) is 12.0. The molecule has 1 amide bonds. The first kappa shape index (κ1) is 12.8. The van der Waals surface area contributed by atoms with Crippen LogP contribution in [0, 0.1) is 11.8 Å². The predicted molar refractivity (Wildman–Crippen MR) is 63.4 cm³/mol. The molecule has 3 unspecified atom stereocenters. The van der Waals surface area contributed by atoms with Gasteiger partial charge in [0.1, 0.15) is 0 Å². The lowest BCUT2D eigenvalue weighted by atomic mass is 9.94. The van der Waals surface area contributed by atoms with Gasteiger partial charge >= 0.3 is 0 Å². The summed E-state index contributed by atoms with van der Waals surface area (Å²) >= 11 is 0. The molecule has 98 valence electrons. The molecular weight excluding hydrogens is 220 g/mol. The smallest absolute Gasteiger partial charge is 0.237 e. The number of rotatable bonds is 5. The molecule has 2 N–H and O–H groups in total. The van der Waals surface area contributed by atoms with Crippen LogP contribution in [0.4, 0.5) is 0 Å². The maximum Gasteiger partial charge on any atom is 0.237 e. The van der Waals surface area contributed by atoms with E-state index in [1.165, 1.54) is 19.3 Å². The number of fused-ring (bicyclic) bond motifs is 1. The number of nitrogens with one attached hydrogen (secondary N) is 2. The van der Waals surface area contributed by atoms with Gasteiger partial charge < -0.3 is 20.1 Å². The number of ether oxygens (including phenoxy) is 2. The zero-order valence-electron chi connectivity index (χ0n) is 10.6. The van der Waals surface area contributed by atoms with Crippen LogP contribution < -0.4 is 10.6 Å². The molecule has 1 saturated carbocycles. The number of hydrogen-bond acceptors (Lipinski definition) is 4. The Hall–Kier alpha value is -0.650. The molecule has 2 aliphatic rings. The van der Waals surface area contributed by atoms with Crippen molar-refractivity contribution in [2.24, 2.45) is 11.8 Å². The molecule has 0 aromatic rings. The third-order valence-corrected chi connectivity index (χ3v) is 4.00. The van der Waals surface area contributed by atoms with Gasteiger partial charge in [0.25, 0.3) is 0 Å². The van der Waals surface area contributed by atoms with Gasteiger partial charge in [-0.3, -0.25) is 4.79 Å². The highest BCUT2D eigenvalue weighted by atomic mass is 16.7. The van der Waals surface area contributed by atoms with E-state index in [1.807, 2.05) is 0 Å². The van der Waals surface area contributed by atoms with Gasteiger partial charge in [0.2, 0.25) is 5.91 Å². The van der Waals surface area contributed by atoms with Crippen molar-refractivity contribution in [3.63, 3.8) is 0 Å². The number of amides is 1. The lowest BCUT2D eigenvalue weighted by Crippen LogP contribution is -2.46. The van der Waals surface area contributed by atoms with Gasteiger partial charge in [0.15, 0.2) is 6.29 Å². The Morgan fingerprint density at radius 2 is 2.18 bits per heavy atom. The van der Waals surface area contributed by atoms with Gasteiger partial charge in [0.05, 0.1) is 12.6 Å². The molecule has 2 fully saturated rings. The summed E-state index contributed by atoms with van der Waals surface area (Å²) < 4.78 is 10.1. The van der Waals surface area contributed by atoms with Crippen molar-refractivity contribution in [2.75, 3.05) is 27.3 Å². The van der Waals surface area contributed by atoms with Crippen LogP contribution in [0.3, 0.4) is 0 Å². The molecule has 2 rings (SSSR count). The SMILES string of the molecule is COC(CNC(=O)C1NCC2CCCC21)OC. The van der Waals surface area contributed by atoms with E-state index in [0.29, 0.717) is 18.4 Å². The lowest BCUT2D eigenvalue weighted by molar-refractivity contribution is -0.129. The maximum atomic E-state index is 12.0. The summed E-state index contributed by atoms with van der Waals surface area (Å²) in [6.45, 7) is 1.39. The van der Waals surface area contributed by atoms with E-state index in [9.17, 15) is 4.79 Å². The van der Waals surface area contributed by atoms with E-state index in [-0.39, 0.29) is 18.2 Å². The molecule has 1 saturated heterocycles. The molecule has 5 nitrogen and oxygen atoms in total. The Morgan fingerprint density at radius 3 is 2.88 bits per heavy atom. The van der Waals surface area contributed by atoms with Crippen molar-refractivity contribution in [1.29, 1.82) is 0 Å². The van der Waals surface area contributed by atoms with Gasteiger partial charge in [-0.1, -0.05) is 6.42 Å². The number of hydrogen-bond donors (Lipinski definition) is 2. The molecule has 1 heterocycles. The molecular formula is C12H22N2O3. The summed E-state index contributed by atoms with van der Waals surface area (Å²) in [6, 6.07) is -0.0168. The van der Waals surface area contributed by atoms with Crippen molar-refractivity contribution in [2.45, 2.75) is 31.6 Å². The first-order chi connectivity index (χ1) is 8.26. The summed E-state index contributed by atoms with van der Waals surface area (Å²) in [5.41, 5.74) is 0. The van der Waals surface area contributed by atoms with Gasteiger partial charge in [-0.25, -0.2) is 0 Å². The van der Waals surface area contributed by atoms with E-state index in [1.54, 1.807) is 14.2 Å². The molecule has 5 heteroatoms. The average molecular weight is 242 g/mol. The van der Waals surface area contributed by atoms with Crippen LogP contribution in [-0.4, -0.2) is 45.5 Å². The van der Waals surface area contributed by atoms with Crippen LogP contribution in [0.5, 0.6) is 0 Å². The third-order valence-electron chi connectivity index (χ3n) is 4.00. The van der Waals surface area contributed by atoms with E-state index >= 15 is 0 Å². The summed E-state index contributed by atoms with van der Waals surface area (Å²) in [5, 5.41) is 6.21. The van der Waals surface area contributed by atoms with Crippen LogP contribution in [0.15, 0.2) is 0 Å². The second-order valence-electron chi connectivity index (χ2n) is 4.89. The lowest BCUT2D eigenvalue weighted by Gasteiger charge is -2.20. The fourth-order valence-electron chi connectivity index (χ4n) is 3.03. The van der Waals surface area contributed by atoms with Crippen LogP contribution in [0.25, 0.3) is 0 Å². The molecule has 3 atom stereocenters. The quantitative estimate of drug-likeness (QED) is 0.672. The topological polar surface area (TPSA) is 59.6 Å². The standard InChI is InChI=1S/C12H22N2O3/c1-16-10(17-2)7-14-12(15)11-9-5-3-4-8(9)6-13-11/h8-11,13H,3-7H2,1-2H3,(H,14,15). The summed E-state index contributed by atoms with van der Waals surface area (Å²) in [5.74, 6) is 1.31. The highest BCUT2D eigenvalue weighted by Crippen LogP contribution is 2.37. The van der Waals surface area contributed by atoms with Gasteiger partial charge in [-0.2, -0.15) is 0 Å². The fourth-order valence-corrected chi connectivity index (χ4v) is 3.03. The molecule has 0 bridgehead atoms. The molecule has 0 aromatic carbocycles. The normalized spacial score (nSPS) is 31.8. The van der Waals surface area contributed by atoms with E-state index < -0.39 is 0 Å². The molecule has 0 radical (unpaired) electrons. The number of carbonyl (C=O) groups is 1. The largest absolute Gasteiger partial charge is 0.354 e. The van der Waals surface area contributed by atoms with Crippen molar-refractivity contribution in [1.82, 2.24) is 10.6 Å². The average Bonchev–Trinajstić information content (AvgIpc) is 2.91. The summed E-state index contributed by atoms with van der Waals surface area (Å²) in [7, 11) is 3.14. The third kappa shape index (κ3) is 2.78. The number of carbonyl (C=O) groups excluding carboxylic acids is 1. The molecule has 0 spiro atoms. The Balaban J connectivity index is 1.80. The van der Waals surface area contributed by atoms with E-state index in [2.05, 4.69) is 10.6 Å². The summed E-state index contributed by atoms with van der Waals surface area (Å²) in [6.07, 6.45) is 3.34. The molecule has 0 aromatic heterocycles. The van der Waals surface area contributed by atoms with Crippen molar-refractivity contribution in [3.05, 3.63) is 0 Å². The maximum absolute atomic E-state index is 12.0. The van der Waals surface area contributed by atoms with Crippen molar-refractivity contribution < 1.29 is 14.3 Å². The van der Waals surface area contributed by atoms with Gasteiger partial charge in [0, 0.05) is 14.2 Å². The Morgan fingerprint density at radius 1 is 1.41 bits per heavy atom. The highest BCUT2D eigenvalue weighted by Gasteiger charge is 2.42. The fraction of sp³-hybridized carbons (Fsp3) is 0.917. The first-order valence-corrected chi connectivity index (χ1v) is 6.33. The second-order valence-corrected chi connectivity index (χ2v) is 4.89. The minimum absolute atomic E-state index is 0.0168. The molecule has 1 aliphatic heterocycles.